The van der Waals surface area contributed by atoms with Crippen molar-refractivity contribution in [3.05, 3.63) is 45.4 Å². The number of rotatable bonds is 2. The molecule has 0 bridgehead atoms. The molecule has 0 aliphatic heterocycles. The number of Topliss-reactive ketones (excluding diaryl/α,β-unsaturated/α-hetero) is 1. The summed E-state index contributed by atoms with van der Waals surface area (Å²) in [4.78, 5) is 28.5. The first kappa shape index (κ1) is 13.0. The second-order valence-electron chi connectivity index (χ2n) is 4.72. The highest BCUT2D eigenvalue weighted by Crippen LogP contribution is 2.30. The summed E-state index contributed by atoms with van der Waals surface area (Å²) in [6, 6.07) is 5.29. The summed E-state index contributed by atoms with van der Waals surface area (Å²) in [5.41, 5.74) is 3.82. The Bertz CT molecular complexity index is 690. The first-order valence-electron chi connectivity index (χ1n) is 6.44. The van der Waals surface area contributed by atoms with Crippen LogP contribution in [0.4, 0.5) is 0 Å². The summed E-state index contributed by atoms with van der Waals surface area (Å²) in [5.74, 6) is 0.211. The van der Waals surface area contributed by atoms with Crippen molar-refractivity contribution in [2.45, 2.75) is 26.2 Å². The molecule has 2 aromatic rings. The fourth-order valence-corrected chi connectivity index (χ4v) is 3.06. The molecule has 0 N–H and O–H groups in total. The number of carbonyl (C=O) groups is 2. The standard InChI is InChI=1S/C15H13NO3S/c1-9-14(20-8-16-9)15(18)19-13-7-3-4-10-11(13)5-2-6-12(10)17/h3-4,7-8H,2,5-6H2,1H3. The molecule has 1 aromatic heterocycles. The van der Waals surface area contributed by atoms with Crippen molar-refractivity contribution >= 4 is 23.1 Å². The van der Waals surface area contributed by atoms with Gasteiger partial charge in [0, 0.05) is 17.5 Å². The van der Waals surface area contributed by atoms with Crippen LogP contribution >= 0.6 is 11.3 Å². The third-order valence-electron chi connectivity index (χ3n) is 3.40. The zero-order valence-electron chi connectivity index (χ0n) is 11.0. The topological polar surface area (TPSA) is 56.3 Å². The zero-order chi connectivity index (χ0) is 14.1. The van der Waals surface area contributed by atoms with Gasteiger partial charge in [0.15, 0.2) is 5.78 Å². The van der Waals surface area contributed by atoms with Crippen LogP contribution in [0.3, 0.4) is 0 Å². The van der Waals surface area contributed by atoms with Gasteiger partial charge in [-0.25, -0.2) is 9.78 Å². The molecule has 20 heavy (non-hydrogen) atoms. The van der Waals surface area contributed by atoms with E-state index in [9.17, 15) is 9.59 Å². The van der Waals surface area contributed by atoms with Gasteiger partial charge in [0.1, 0.15) is 10.6 Å². The highest BCUT2D eigenvalue weighted by atomic mass is 32.1. The molecule has 1 aromatic carbocycles. The van der Waals surface area contributed by atoms with Gasteiger partial charge in [0.2, 0.25) is 0 Å². The quantitative estimate of drug-likeness (QED) is 0.628. The molecule has 3 rings (SSSR count). The van der Waals surface area contributed by atoms with Crippen molar-refractivity contribution in [3.8, 4) is 5.75 Å². The monoisotopic (exact) mass is 287 g/mol. The van der Waals surface area contributed by atoms with E-state index in [2.05, 4.69) is 4.98 Å². The Morgan fingerprint density at radius 2 is 2.20 bits per heavy atom. The minimum atomic E-state index is -0.406. The van der Waals surface area contributed by atoms with Crippen molar-refractivity contribution in [2.75, 3.05) is 0 Å². The van der Waals surface area contributed by atoms with Crippen molar-refractivity contribution in [2.24, 2.45) is 0 Å². The lowest BCUT2D eigenvalue weighted by atomic mass is 9.90. The van der Waals surface area contributed by atoms with Gasteiger partial charge in [-0.15, -0.1) is 11.3 Å². The van der Waals surface area contributed by atoms with Crippen LogP contribution in [0, 0.1) is 6.92 Å². The van der Waals surface area contributed by atoms with Gasteiger partial charge in [0.25, 0.3) is 0 Å². The van der Waals surface area contributed by atoms with E-state index in [4.69, 9.17) is 4.74 Å². The number of esters is 1. The molecule has 1 aliphatic carbocycles. The molecule has 4 nitrogen and oxygen atoms in total. The smallest absolute Gasteiger partial charge is 0.355 e. The third-order valence-corrected chi connectivity index (χ3v) is 4.31. The summed E-state index contributed by atoms with van der Waals surface area (Å²) in [6.07, 6.45) is 2.14. The summed E-state index contributed by atoms with van der Waals surface area (Å²) in [5, 5.41) is 0. The Labute approximate surface area is 120 Å². The van der Waals surface area contributed by atoms with Crippen LogP contribution in [0.1, 0.15) is 44.1 Å². The lowest BCUT2D eigenvalue weighted by Gasteiger charge is -2.17. The molecule has 0 atom stereocenters. The molecule has 102 valence electrons. The number of thiazole rings is 1. The summed E-state index contributed by atoms with van der Waals surface area (Å²) in [7, 11) is 0. The van der Waals surface area contributed by atoms with E-state index in [-0.39, 0.29) is 5.78 Å². The molecular formula is C15H13NO3S. The minimum absolute atomic E-state index is 0.123. The minimum Gasteiger partial charge on any atom is -0.422 e. The maximum absolute atomic E-state index is 12.1. The van der Waals surface area contributed by atoms with Crippen LogP contribution in [-0.2, 0) is 6.42 Å². The van der Waals surface area contributed by atoms with Gasteiger partial charge >= 0.3 is 5.97 Å². The van der Waals surface area contributed by atoms with E-state index in [0.717, 1.165) is 18.4 Å². The van der Waals surface area contributed by atoms with Crippen LogP contribution in [-0.4, -0.2) is 16.7 Å². The number of hydrogen-bond acceptors (Lipinski definition) is 5. The van der Waals surface area contributed by atoms with Crippen LogP contribution < -0.4 is 4.74 Å². The fraction of sp³-hybridized carbons (Fsp3) is 0.267. The maximum Gasteiger partial charge on any atom is 0.355 e. The SMILES string of the molecule is Cc1ncsc1C(=O)Oc1cccc2c1CCCC2=O. The van der Waals surface area contributed by atoms with Gasteiger partial charge in [-0.3, -0.25) is 4.79 Å². The number of aryl methyl sites for hydroxylation is 1. The number of nitrogens with zero attached hydrogens (tertiary/aromatic N) is 1. The Morgan fingerprint density at radius 1 is 1.35 bits per heavy atom. The molecule has 1 heterocycles. The van der Waals surface area contributed by atoms with Crippen LogP contribution in [0.25, 0.3) is 0 Å². The number of hydrogen-bond donors (Lipinski definition) is 0. The first-order chi connectivity index (χ1) is 9.66. The molecule has 0 amide bonds. The van der Waals surface area contributed by atoms with E-state index >= 15 is 0 Å². The predicted molar refractivity (Wildman–Crippen MR) is 75.5 cm³/mol. The lowest BCUT2D eigenvalue weighted by Crippen LogP contribution is -2.15. The largest absolute Gasteiger partial charge is 0.422 e. The van der Waals surface area contributed by atoms with E-state index in [1.165, 1.54) is 11.3 Å². The second-order valence-corrected chi connectivity index (χ2v) is 5.57. The van der Waals surface area contributed by atoms with Crippen LogP contribution in [0.5, 0.6) is 5.75 Å². The molecule has 0 radical (unpaired) electrons. The molecule has 5 heteroatoms. The van der Waals surface area contributed by atoms with Gasteiger partial charge < -0.3 is 4.74 Å². The number of ether oxygens (including phenoxy) is 1. The predicted octanol–water partition coefficient (Wildman–Crippen LogP) is 3.19. The number of ketones is 1. The summed E-state index contributed by atoms with van der Waals surface area (Å²) < 4.78 is 5.47. The molecule has 0 spiro atoms. The van der Waals surface area contributed by atoms with Crippen molar-refractivity contribution in [1.29, 1.82) is 0 Å². The van der Waals surface area contributed by atoms with Gasteiger partial charge in [-0.1, -0.05) is 12.1 Å². The maximum atomic E-state index is 12.1. The summed E-state index contributed by atoms with van der Waals surface area (Å²) >= 11 is 1.26. The van der Waals surface area contributed by atoms with E-state index in [0.29, 0.717) is 28.3 Å². The fourth-order valence-electron chi connectivity index (χ4n) is 2.38. The molecule has 0 fully saturated rings. The molecule has 0 saturated heterocycles. The zero-order valence-corrected chi connectivity index (χ0v) is 11.8. The Hall–Kier alpha value is -2.01. The highest BCUT2D eigenvalue weighted by molar-refractivity contribution is 7.11. The van der Waals surface area contributed by atoms with Crippen molar-refractivity contribution < 1.29 is 14.3 Å². The van der Waals surface area contributed by atoms with Crippen LogP contribution in [0.15, 0.2) is 23.7 Å². The van der Waals surface area contributed by atoms with Crippen molar-refractivity contribution in [1.82, 2.24) is 4.98 Å². The van der Waals surface area contributed by atoms with Crippen molar-refractivity contribution in [3.63, 3.8) is 0 Å². The van der Waals surface area contributed by atoms with E-state index < -0.39 is 5.97 Å². The number of carbonyl (C=O) groups excluding carboxylic acids is 2. The van der Waals surface area contributed by atoms with E-state index in [1.807, 2.05) is 0 Å². The Balaban J connectivity index is 1.92. The number of aromatic nitrogens is 1. The van der Waals surface area contributed by atoms with Crippen LogP contribution in [0.2, 0.25) is 0 Å². The van der Waals surface area contributed by atoms with E-state index in [1.54, 1.807) is 30.6 Å². The van der Waals surface area contributed by atoms with Gasteiger partial charge in [0.05, 0.1) is 11.2 Å². The molecule has 0 saturated carbocycles. The second kappa shape index (κ2) is 5.17. The Kier molecular flexibility index (Phi) is 3.36. The first-order valence-corrected chi connectivity index (χ1v) is 7.32. The molecule has 0 unspecified atom stereocenters. The van der Waals surface area contributed by atoms with Gasteiger partial charge in [-0.2, -0.15) is 0 Å². The Morgan fingerprint density at radius 3 is 2.95 bits per heavy atom. The summed E-state index contributed by atoms with van der Waals surface area (Å²) in [6.45, 7) is 1.77. The molecular weight excluding hydrogens is 274 g/mol. The third kappa shape index (κ3) is 2.25. The lowest BCUT2D eigenvalue weighted by molar-refractivity contribution is 0.0735. The number of fused-ring (bicyclic) bond motifs is 1. The van der Waals surface area contributed by atoms with Gasteiger partial charge in [-0.05, 0) is 25.8 Å². The molecule has 1 aliphatic rings. The average molecular weight is 287 g/mol. The number of benzene rings is 1. The average Bonchev–Trinajstić information content (AvgIpc) is 2.86. The highest BCUT2D eigenvalue weighted by Gasteiger charge is 2.22. The normalized spacial score (nSPS) is 13.9.